The molecule has 4 atom stereocenters. The van der Waals surface area contributed by atoms with Crippen molar-refractivity contribution in [2.45, 2.75) is 83.8 Å². The van der Waals surface area contributed by atoms with E-state index in [2.05, 4.69) is 32.0 Å². The van der Waals surface area contributed by atoms with Crippen LogP contribution >= 0.6 is 0 Å². The van der Waals surface area contributed by atoms with Crippen molar-refractivity contribution in [3.63, 3.8) is 0 Å². The molecular weight excluding hydrogens is 1030 g/mol. The third-order valence-corrected chi connectivity index (χ3v) is 12.5. The molecule has 1 saturated heterocycles. The number of carboxylic acid groups (broad SMARTS) is 1. The predicted octanol–water partition coefficient (Wildman–Crippen LogP) is 5.76. The van der Waals surface area contributed by atoms with Crippen LogP contribution < -0.4 is 26.3 Å². The van der Waals surface area contributed by atoms with Crippen LogP contribution in [0.3, 0.4) is 0 Å². The molecule has 412 valence electrons. The zero-order chi connectivity index (χ0) is 56.7. The highest BCUT2D eigenvalue weighted by Crippen LogP contribution is 2.42. The lowest BCUT2D eigenvalue weighted by Gasteiger charge is -2.38. The predicted molar refractivity (Wildman–Crippen MR) is 249 cm³/mol. The summed E-state index contributed by atoms with van der Waals surface area (Å²) in [5, 5.41) is 30.9. The van der Waals surface area contributed by atoms with Crippen LogP contribution in [0.2, 0.25) is 0 Å². The molecule has 0 saturated carbocycles. The summed E-state index contributed by atoms with van der Waals surface area (Å²) in [6, 6.07) is 4.47. The van der Waals surface area contributed by atoms with E-state index in [0.717, 1.165) is 19.4 Å². The molecular formula is C48H52F10N10O8. The number of alkyl carbamates (subject to hydrolysis) is 1. The van der Waals surface area contributed by atoms with Gasteiger partial charge in [-0.1, -0.05) is 24.0 Å². The molecule has 76 heavy (non-hydrogen) atoms. The van der Waals surface area contributed by atoms with E-state index in [1.165, 1.54) is 35.8 Å². The summed E-state index contributed by atoms with van der Waals surface area (Å²) in [6.45, 7) is -2.24. The van der Waals surface area contributed by atoms with Crippen molar-refractivity contribution in [2.75, 3.05) is 45.2 Å². The Morgan fingerprint density at radius 1 is 0.829 bits per heavy atom. The number of alkyl halides is 8. The van der Waals surface area contributed by atoms with Gasteiger partial charge in [0.2, 0.25) is 11.8 Å². The summed E-state index contributed by atoms with van der Waals surface area (Å²) in [5.41, 5.74) is -4.92. The third-order valence-electron chi connectivity index (χ3n) is 12.5. The second kappa shape index (κ2) is 23.9. The SMILES string of the molecule is COC(=O)N[C@H](C(=O)N[C@@H](Cc1ccc(C#Cc2ccc(N3CCN(C)C(=O)C3)nc2)cc1)[C@@H](O)CN(Cc1c(F)cc(-c2ccn(C(F)F)n2)cc1F)NC(=O)[C@@H](NC(=O)O)C(C)(C)C(F)(F)F)C(C)(C)C(F)(F)F. The molecule has 5 amide bonds. The number of rotatable bonds is 18. The summed E-state index contributed by atoms with van der Waals surface area (Å²) in [4.78, 5) is 71.8. The highest BCUT2D eigenvalue weighted by Gasteiger charge is 2.57. The second-order valence-corrected chi connectivity index (χ2v) is 18.6. The molecule has 6 N–H and O–H groups in total. The summed E-state index contributed by atoms with van der Waals surface area (Å²) in [5.74, 6) is 0.0347. The molecule has 1 aliphatic rings. The van der Waals surface area contributed by atoms with Crippen LogP contribution in [-0.4, -0.2) is 142 Å². The number of hydrazine groups is 1. The number of aromatic nitrogens is 3. The average Bonchev–Trinajstić information content (AvgIpc) is 3.84. The topological polar surface area (TPSA) is 224 Å². The average molecular weight is 1090 g/mol. The first-order valence-corrected chi connectivity index (χ1v) is 22.7. The first-order valence-electron chi connectivity index (χ1n) is 22.7. The van der Waals surface area contributed by atoms with Crippen molar-refractivity contribution in [1.82, 2.24) is 46.0 Å². The molecule has 1 fully saturated rings. The quantitative estimate of drug-likeness (QED) is 0.0398. The Labute approximate surface area is 427 Å². The van der Waals surface area contributed by atoms with E-state index in [0.29, 0.717) is 74.9 Å². The number of amides is 5. The number of halogens is 10. The van der Waals surface area contributed by atoms with Gasteiger partial charge in [0.05, 0.1) is 42.3 Å². The van der Waals surface area contributed by atoms with Crippen LogP contribution in [0.15, 0.2) is 67.0 Å². The van der Waals surface area contributed by atoms with E-state index in [9.17, 15) is 69.3 Å². The fourth-order valence-corrected chi connectivity index (χ4v) is 7.46. The molecule has 0 radical (unpaired) electrons. The number of pyridine rings is 1. The van der Waals surface area contributed by atoms with Crippen molar-refractivity contribution in [3.05, 3.63) is 101 Å². The van der Waals surface area contributed by atoms with E-state index in [1.54, 1.807) is 29.0 Å². The molecule has 4 aromatic rings. The lowest BCUT2D eigenvalue weighted by molar-refractivity contribution is -0.221. The van der Waals surface area contributed by atoms with Gasteiger partial charge in [0, 0.05) is 67.9 Å². The number of anilines is 1. The Bertz CT molecular complexity index is 2780. The largest absolute Gasteiger partial charge is 0.465 e. The zero-order valence-electron chi connectivity index (χ0n) is 41.3. The molecule has 18 nitrogen and oxygen atoms in total. The number of ether oxygens (including phenoxy) is 1. The molecule has 0 aliphatic carbocycles. The van der Waals surface area contributed by atoms with Gasteiger partial charge in [0.25, 0.3) is 5.91 Å². The van der Waals surface area contributed by atoms with E-state index in [1.807, 2.05) is 10.7 Å². The number of likely N-dealkylation sites (N-methyl/N-ethyl adjacent to an activating group) is 1. The lowest BCUT2D eigenvalue weighted by Crippen LogP contribution is -2.63. The Hall–Kier alpha value is -7.67. The highest BCUT2D eigenvalue weighted by molar-refractivity contribution is 5.87. The van der Waals surface area contributed by atoms with Crippen molar-refractivity contribution in [2.24, 2.45) is 10.8 Å². The molecule has 5 rings (SSSR count). The van der Waals surface area contributed by atoms with Gasteiger partial charge in [-0.25, -0.2) is 33.0 Å². The van der Waals surface area contributed by atoms with Gasteiger partial charge >= 0.3 is 31.1 Å². The normalized spacial score (nSPS) is 15.1. The van der Waals surface area contributed by atoms with Crippen molar-refractivity contribution >= 4 is 35.7 Å². The number of nitrogens with zero attached hydrogens (tertiary/aromatic N) is 6. The van der Waals surface area contributed by atoms with Gasteiger partial charge in [0.1, 0.15) is 29.5 Å². The summed E-state index contributed by atoms with van der Waals surface area (Å²) < 4.78 is 149. The van der Waals surface area contributed by atoms with Gasteiger partial charge in [-0.15, -0.1) is 0 Å². The maximum absolute atomic E-state index is 15.9. The first kappa shape index (κ1) is 59.2. The summed E-state index contributed by atoms with van der Waals surface area (Å²) in [6.07, 6.45) is -14.5. The number of carbonyl (C=O) groups excluding carboxylic acids is 4. The van der Waals surface area contributed by atoms with Crippen LogP contribution in [0, 0.1) is 34.3 Å². The van der Waals surface area contributed by atoms with Crippen LogP contribution in [0.5, 0.6) is 0 Å². The number of hydrogen-bond acceptors (Lipinski definition) is 11. The number of nitrogens with one attached hydrogen (secondary N) is 4. The standard InChI is InChI=1S/C48H52F10N10O8/c1-45(2,47(53,54)55)38(62-44(75)76-6)40(71)60-34(19-27-10-7-26(8-11-27)9-12-28-13-14-36(59-22-28)66-18-17-65(5)37(70)25-66)35(69)24-67(64-41(72)39(61-43(73)74)46(3,4)48(56,57)58)23-30-31(49)20-29(21-32(30)50)33-15-16-68(63-33)42(51)52/h7-8,10-11,13-16,20-22,34-35,38-39,42,61,69H,17-19,23-25H2,1-6H3,(H,60,71)(H,62,75)(H,64,72)(H,73,74)/t34-,35-,38+,39+/m0/s1. The second-order valence-electron chi connectivity index (χ2n) is 18.6. The molecule has 0 unspecified atom stereocenters. The van der Waals surface area contributed by atoms with Crippen LogP contribution in [-0.2, 0) is 32.1 Å². The van der Waals surface area contributed by atoms with Gasteiger partial charge in [-0.2, -0.15) is 40.2 Å². The Balaban J connectivity index is 1.52. The minimum atomic E-state index is -5.29. The van der Waals surface area contributed by atoms with Gasteiger partial charge < -0.3 is 40.7 Å². The molecule has 1 aliphatic heterocycles. The molecule has 2 aromatic carbocycles. The van der Waals surface area contributed by atoms with E-state index in [-0.39, 0.29) is 34.0 Å². The smallest absolute Gasteiger partial charge is 0.407 e. The fraction of sp³-hybridized carbons (Fsp3) is 0.438. The van der Waals surface area contributed by atoms with Crippen LogP contribution in [0.25, 0.3) is 11.3 Å². The number of benzene rings is 2. The minimum Gasteiger partial charge on any atom is -0.465 e. The van der Waals surface area contributed by atoms with E-state index in [4.69, 9.17) is 0 Å². The maximum atomic E-state index is 15.9. The number of piperazine rings is 1. The van der Waals surface area contributed by atoms with E-state index >= 15 is 8.78 Å². The van der Waals surface area contributed by atoms with E-state index < -0.39 is 115 Å². The zero-order valence-corrected chi connectivity index (χ0v) is 41.3. The molecule has 0 spiro atoms. The highest BCUT2D eigenvalue weighted by atomic mass is 19.4. The first-order chi connectivity index (χ1) is 35.3. The molecule has 2 aromatic heterocycles. The monoisotopic (exact) mass is 1090 g/mol. The third kappa shape index (κ3) is 14.6. The summed E-state index contributed by atoms with van der Waals surface area (Å²) in [7, 11) is 2.49. The number of aliphatic hydroxyl groups excluding tert-OH is 1. The number of hydrogen-bond donors (Lipinski definition) is 6. The number of methoxy groups -OCH3 is 1. The molecule has 0 bridgehead atoms. The molecule has 3 heterocycles. The minimum absolute atomic E-state index is 0.0756. The Kier molecular flexibility index (Phi) is 18.6. The molecule has 28 heteroatoms. The van der Waals surface area contributed by atoms with Gasteiger partial charge in [0.15, 0.2) is 0 Å². The van der Waals surface area contributed by atoms with Crippen LogP contribution in [0.1, 0.15) is 56.5 Å². The van der Waals surface area contributed by atoms with Crippen molar-refractivity contribution < 1.29 is 82.8 Å². The van der Waals surface area contributed by atoms with Crippen molar-refractivity contribution in [1.29, 1.82) is 0 Å². The van der Waals surface area contributed by atoms with Crippen molar-refractivity contribution in [3.8, 4) is 23.1 Å². The fourth-order valence-electron chi connectivity index (χ4n) is 7.46. The number of carbonyl (C=O) groups is 5. The Morgan fingerprint density at radius 2 is 1.41 bits per heavy atom. The maximum Gasteiger partial charge on any atom is 0.407 e. The van der Waals surface area contributed by atoms with Crippen LogP contribution in [0.4, 0.5) is 59.3 Å². The Morgan fingerprint density at radius 3 is 1.92 bits per heavy atom. The van der Waals surface area contributed by atoms with Gasteiger partial charge in [-0.3, -0.25) is 19.8 Å². The number of aliphatic hydroxyl groups is 1. The lowest BCUT2D eigenvalue weighted by atomic mass is 9.82. The van der Waals surface area contributed by atoms with Gasteiger partial charge in [-0.05, 0) is 82.1 Å². The summed E-state index contributed by atoms with van der Waals surface area (Å²) >= 11 is 0.